The van der Waals surface area contributed by atoms with Crippen LogP contribution in [0.3, 0.4) is 0 Å². The molecule has 0 rings (SSSR count). The molecule has 4 nitrogen and oxygen atoms in total. The Morgan fingerprint density at radius 3 is 2.50 bits per heavy atom. The molecule has 0 unspecified atom stereocenters. The van der Waals surface area contributed by atoms with Gasteiger partial charge in [0.2, 0.25) is 5.91 Å². The molecule has 1 amide bonds. The molecule has 0 fully saturated rings. The van der Waals surface area contributed by atoms with Crippen molar-refractivity contribution in [2.45, 2.75) is 20.0 Å². The van der Waals surface area contributed by atoms with Crippen LogP contribution in [-0.2, 0) is 9.53 Å². The van der Waals surface area contributed by atoms with Crippen molar-refractivity contribution in [2.75, 3.05) is 20.8 Å². The summed E-state index contributed by atoms with van der Waals surface area (Å²) in [4.78, 5) is 11.0. The van der Waals surface area contributed by atoms with Crippen molar-refractivity contribution in [3.63, 3.8) is 0 Å². The highest BCUT2D eigenvalue weighted by Gasteiger charge is 2.32. The number of nitrogens with one attached hydrogen (secondary N) is 1. The molecule has 12 heavy (non-hydrogen) atoms. The first kappa shape index (κ1) is 11.4. The van der Waals surface area contributed by atoms with Gasteiger partial charge in [-0.1, -0.05) is 13.8 Å². The third kappa shape index (κ3) is 2.79. The molecule has 0 saturated carbocycles. The SMILES string of the molecule is CNC(=O)[C@@H](O)C(C)(C)COC. The van der Waals surface area contributed by atoms with Crippen molar-refractivity contribution < 1.29 is 14.6 Å². The number of carbonyl (C=O) groups excluding carboxylic acids is 1. The maximum atomic E-state index is 11.0. The van der Waals surface area contributed by atoms with E-state index in [-0.39, 0.29) is 5.91 Å². The molecule has 0 aliphatic carbocycles. The van der Waals surface area contributed by atoms with Crippen LogP contribution in [0.15, 0.2) is 0 Å². The van der Waals surface area contributed by atoms with E-state index in [0.29, 0.717) is 6.61 Å². The number of ether oxygens (including phenoxy) is 1. The molecule has 2 N–H and O–H groups in total. The zero-order valence-corrected chi connectivity index (χ0v) is 8.05. The fourth-order valence-electron chi connectivity index (χ4n) is 0.943. The van der Waals surface area contributed by atoms with Gasteiger partial charge in [-0.25, -0.2) is 0 Å². The van der Waals surface area contributed by atoms with Crippen LogP contribution in [0.1, 0.15) is 13.8 Å². The van der Waals surface area contributed by atoms with E-state index in [9.17, 15) is 9.90 Å². The number of methoxy groups -OCH3 is 1. The molecule has 0 aromatic rings. The Balaban J connectivity index is 4.23. The second-order valence-electron chi connectivity index (χ2n) is 3.44. The smallest absolute Gasteiger partial charge is 0.249 e. The van der Waals surface area contributed by atoms with Crippen LogP contribution < -0.4 is 5.32 Å². The van der Waals surface area contributed by atoms with Crippen LogP contribution in [0.4, 0.5) is 0 Å². The van der Waals surface area contributed by atoms with Crippen LogP contribution in [0.5, 0.6) is 0 Å². The van der Waals surface area contributed by atoms with E-state index in [2.05, 4.69) is 5.32 Å². The van der Waals surface area contributed by atoms with Crippen LogP contribution in [0.25, 0.3) is 0 Å². The molecule has 0 bridgehead atoms. The minimum absolute atomic E-state index is 0.349. The number of hydrogen-bond donors (Lipinski definition) is 2. The van der Waals surface area contributed by atoms with Crippen LogP contribution >= 0.6 is 0 Å². The third-order valence-corrected chi connectivity index (χ3v) is 1.75. The summed E-state index contributed by atoms with van der Waals surface area (Å²) >= 11 is 0. The van der Waals surface area contributed by atoms with Crippen LogP contribution in [0, 0.1) is 5.41 Å². The summed E-state index contributed by atoms with van der Waals surface area (Å²) in [5.74, 6) is -0.378. The third-order valence-electron chi connectivity index (χ3n) is 1.75. The maximum Gasteiger partial charge on any atom is 0.249 e. The Bertz CT molecular complexity index is 156. The zero-order chi connectivity index (χ0) is 9.78. The second kappa shape index (κ2) is 4.42. The van der Waals surface area contributed by atoms with E-state index in [1.54, 1.807) is 21.0 Å². The van der Waals surface area contributed by atoms with Gasteiger partial charge in [-0.05, 0) is 0 Å². The lowest BCUT2D eigenvalue weighted by Crippen LogP contribution is -2.44. The average molecular weight is 175 g/mol. The zero-order valence-electron chi connectivity index (χ0n) is 8.05. The molecule has 0 aliphatic heterocycles. The molecule has 1 atom stereocenters. The fraction of sp³-hybridized carbons (Fsp3) is 0.875. The number of aliphatic hydroxyl groups is 1. The molecular formula is C8H17NO3. The Labute approximate surface area is 72.9 Å². The van der Waals surface area contributed by atoms with Gasteiger partial charge < -0.3 is 15.2 Å². The van der Waals surface area contributed by atoms with E-state index in [1.165, 1.54) is 7.05 Å². The first-order valence-corrected chi connectivity index (χ1v) is 3.84. The number of carbonyl (C=O) groups is 1. The van der Waals surface area contributed by atoms with Crippen molar-refractivity contribution in [3.8, 4) is 0 Å². The van der Waals surface area contributed by atoms with E-state index >= 15 is 0 Å². The van der Waals surface area contributed by atoms with Gasteiger partial charge in [0, 0.05) is 19.6 Å². The first-order chi connectivity index (χ1) is 5.45. The lowest BCUT2D eigenvalue weighted by molar-refractivity contribution is -0.137. The van der Waals surface area contributed by atoms with Gasteiger partial charge in [-0.3, -0.25) is 4.79 Å². The van der Waals surface area contributed by atoms with E-state index in [4.69, 9.17) is 4.74 Å². The fourth-order valence-corrected chi connectivity index (χ4v) is 0.943. The quantitative estimate of drug-likeness (QED) is 0.620. The van der Waals surface area contributed by atoms with Crippen molar-refractivity contribution >= 4 is 5.91 Å². The summed E-state index contributed by atoms with van der Waals surface area (Å²) in [6.07, 6.45) is -1.03. The predicted molar refractivity (Wildman–Crippen MR) is 45.7 cm³/mol. The van der Waals surface area contributed by atoms with E-state index in [1.807, 2.05) is 0 Å². The summed E-state index contributed by atoms with van der Waals surface area (Å²) in [5, 5.41) is 11.9. The predicted octanol–water partition coefficient (Wildman–Crippen LogP) is -0.234. The summed E-state index contributed by atoms with van der Waals surface area (Å²) in [6, 6.07) is 0. The van der Waals surface area contributed by atoms with Gasteiger partial charge >= 0.3 is 0 Å². The Morgan fingerprint density at radius 2 is 2.17 bits per heavy atom. The molecule has 0 radical (unpaired) electrons. The molecule has 0 spiro atoms. The van der Waals surface area contributed by atoms with Crippen molar-refractivity contribution in [2.24, 2.45) is 5.41 Å². The first-order valence-electron chi connectivity index (χ1n) is 3.84. The Kier molecular flexibility index (Phi) is 4.20. The average Bonchev–Trinajstić information content (AvgIpc) is 2.01. The monoisotopic (exact) mass is 175 g/mol. The highest BCUT2D eigenvalue weighted by atomic mass is 16.5. The van der Waals surface area contributed by atoms with Gasteiger partial charge in [0.25, 0.3) is 0 Å². The molecular weight excluding hydrogens is 158 g/mol. The highest BCUT2D eigenvalue weighted by molar-refractivity contribution is 5.80. The molecule has 0 aliphatic rings. The summed E-state index contributed by atoms with van der Waals surface area (Å²) < 4.78 is 4.88. The molecule has 0 aromatic carbocycles. The largest absolute Gasteiger partial charge is 0.384 e. The Morgan fingerprint density at radius 1 is 1.67 bits per heavy atom. The van der Waals surface area contributed by atoms with Crippen molar-refractivity contribution in [3.05, 3.63) is 0 Å². The number of likely N-dealkylation sites (N-methyl/N-ethyl adjacent to an activating group) is 1. The van der Waals surface area contributed by atoms with Gasteiger partial charge in [0.05, 0.1) is 6.61 Å². The van der Waals surface area contributed by atoms with E-state index < -0.39 is 11.5 Å². The minimum Gasteiger partial charge on any atom is -0.384 e. The van der Waals surface area contributed by atoms with Crippen molar-refractivity contribution in [1.82, 2.24) is 5.32 Å². The minimum atomic E-state index is -1.03. The topological polar surface area (TPSA) is 58.6 Å². The van der Waals surface area contributed by atoms with Crippen LogP contribution in [-0.4, -0.2) is 37.9 Å². The standard InChI is InChI=1S/C8H17NO3/c1-8(2,5-12-4)6(10)7(11)9-3/h6,10H,5H2,1-4H3,(H,9,11)/t6-/m1/s1. The van der Waals surface area contributed by atoms with Crippen molar-refractivity contribution in [1.29, 1.82) is 0 Å². The number of rotatable bonds is 4. The highest BCUT2D eigenvalue weighted by Crippen LogP contribution is 2.20. The lowest BCUT2D eigenvalue weighted by Gasteiger charge is -2.28. The van der Waals surface area contributed by atoms with Gasteiger partial charge in [-0.15, -0.1) is 0 Å². The number of hydrogen-bond acceptors (Lipinski definition) is 3. The molecule has 0 heterocycles. The summed E-state index contributed by atoms with van der Waals surface area (Å²) in [5.41, 5.74) is -0.547. The number of amides is 1. The van der Waals surface area contributed by atoms with E-state index in [0.717, 1.165) is 0 Å². The normalized spacial score (nSPS) is 14.1. The summed E-state index contributed by atoms with van der Waals surface area (Å²) in [7, 11) is 3.03. The molecule has 4 heteroatoms. The van der Waals surface area contributed by atoms with Gasteiger partial charge in [-0.2, -0.15) is 0 Å². The molecule has 72 valence electrons. The van der Waals surface area contributed by atoms with Gasteiger partial charge in [0.15, 0.2) is 0 Å². The molecule has 0 saturated heterocycles. The van der Waals surface area contributed by atoms with Gasteiger partial charge in [0.1, 0.15) is 6.10 Å². The summed E-state index contributed by atoms with van der Waals surface area (Å²) in [6.45, 7) is 3.90. The second-order valence-corrected chi connectivity index (χ2v) is 3.44. The molecule has 0 aromatic heterocycles. The van der Waals surface area contributed by atoms with Crippen LogP contribution in [0.2, 0.25) is 0 Å². The number of aliphatic hydroxyl groups excluding tert-OH is 1. The maximum absolute atomic E-state index is 11.0. The Hall–Kier alpha value is -0.610. The lowest BCUT2D eigenvalue weighted by atomic mass is 9.87.